The zero-order valence-corrected chi connectivity index (χ0v) is 11.9. The predicted molar refractivity (Wildman–Crippen MR) is 73.2 cm³/mol. The van der Waals surface area contributed by atoms with Crippen LogP contribution in [0.15, 0.2) is 36.4 Å². The van der Waals surface area contributed by atoms with Crippen LogP contribution in [-0.4, -0.2) is 19.5 Å². The molecule has 0 saturated carbocycles. The molecular formula is C14H12OSi2. The smallest absolute Gasteiger partial charge is 0.257 e. The molecule has 0 spiro atoms. The van der Waals surface area contributed by atoms with E-state index in [2.05, 4.69) is 50.2 Å². The quantitative estimate of drug-likeness (QED) is 0.646. The average molecular weight is 252 g/mol. The van der Waals surface area contributed by atoms with Crippen molar-refractivity contribution in [1.29, 1.82) is 0 Å². The Morgan fingerprint density at radius 2 is 1.71 bits per heavy atom. The highest BCUT2D eigenvalue weighted by Crippen LogP contribution is 2.19. The molecule has 0 aromatic heterocycles. The standard InChI is InChI=1S/C14H12OSi2/c1-9-7-8-12-11-5-3-4-6-13(11)16-15-17-14(12)10(9)2/h3-8H,1-2H3. The summed E-state index contributed by atoms with van der Waals surface area (Å²) in [6.45, 7) is 4.36. The molecule has 82 valence electrons. The van der Waals surface area contributed by atoms with E-state index >= 15 is 0 Å². The molecule has 0 aliphatic carbocycles. The molecule has 17 heavy (non-hydrogen) atoms. The first-order valence-corrected chi connectivity index (χ1v) is 7.46. The Hall–Kier alpha value is -1.17. The van der Waals surface area contributed by atoms with Crippen LogP contribution in [-0.2, 0) is 4.12 Å². The van der Waals surface area contributed by atoms with Crippen LogP contribution in [0.2, 0.25) is 0 Å². The Kier molecular flexibility index (Phi) is 2.74. The van der Waals surface area contributed by atoms with Crippen molar-refractivity contribution in [2.75, 3.05) is 0 Å². The molecule has 0 bridgehead atoms. The molecule has 0 fully saturated rings. The lowest BCUT2D eigenvalue weighted by molar-refractivity contribution is 0.664. The summed E-state index contributed by atoms with van der Waals surface area (Å²) in [4.78, 5) is 0. The fourth-order valence-electron chi connectivity index (χ4n) is 2.11. The Bertz CT molecular complexity index is 578. The zero-order chi connectivity index (χ0) is 11.8. The molecular weight excluding hydrogens is 240 g/mol. The molecule has 0 N–H and O–H groups in total. The minimum Gasteiger partial charge on any atom is -0.450 e. The van der Waals surface area contributed by atoms with Crippen LogP contribution in [0.3, 0.4) is 0 Å². The van der Waals surface area contributed by atoms with Crippen molar-refractivity contribution >= 4 is 29.9 Å². The van der Waals surface area contributed by atoms with Crippen molar-refractivity contribution in [2.24, 2.45) is 0 Å². The van der Waals surface area contributed by atoms with Crippen LogP contribution in [0, 0.1) is 13.8 Å². The van der Waals surface area contributed by atoms with E-state index in [0.717, 1.165) is 0 Å². The lowest BCUT2D eigenvalue weighted by Crippen LogP contribution is -2.24. The minimum atomic E-state index is 0.468. The minimum absolute atomic E-state index is 0.468. The second-order valence-corrected chi connectivity index (χ2v) is 6.55. The third kappa shape index (κ3) is 1.80. The van der Waals surface area contributed by atoms with Gasteiger partial charge in [0.05, 0.1) is 0 Å². The first kappa shape index (κ1) is 11.0. The van der Waals surface area contributed by atoms with Crippen molar-refractivity contribution < 1.29 is 4.12 Å². The highest BCUT2D eigenvalue weighted by molar-refractivity contribution is 6.64. The SMILES string of the molecule is Cc1ccc2c(c1C)[Si]O[Si]c1ccccc1-2. The molecule has 2 aromatic carbocycles. The second-order valence-electron chi connectivity index (χ2n) is 4.28. The average Bonchev–Trinajstić information content (AvgIpc) is 2.54. The molecule has 3 heteroatoms. The van der Waals surface area contributed by atoms with Gasteiger partial charge in [-0.25, -0.2) is 0 Å². The maximum Gasteiger partial charge on any atom is 0.257 e. The van der Waals surface area contributed by atoms with Crippen molar-refractivity contribution in [3.8, 4) is 11.1 Å². The predicted octanol–water partition coefficient (Wildman–Crippen LogP) is 1.49. The van der Waals surface area contributed by atoms with Gasteiger partial charge in [-0.1, -0.05) is 36.4 Å². The van der Waals surface area contributed by atoms with Gasteiger partial charge in [0.25, 0.3) is 19.5 Å². The van der Waals surface area contributed by atoms with Gasteiger partial charge >= 0.3 is 0 Å². The van der Waals surface area contributed by atoms with Gasteiger partial charge in [-0.05, 0) is 46.5 Å². The molecule has 0 amide bonds. The van der Waals surface area contributed by atoms with Crippen LogP contribution in [0.4, 0.5) is 0 Å². The van der Waals surface area contributed by atoms with Crippen LogP contribution < -0.4 is 10.4 Å². The summed E-state index contributed by atoms with van der Waals surface area (Å²) in [7, 11) is 0.937. The highest BCUT2D eigenvalue weighted by atomic mass is 28.3. The Balaban J connectivity index is 2.30. The largest absolute Gasteiger partial charge is 0.450 e. The molecule has 1 aliphatic rings. The summed E-state index contributed by atoms with van der Waals surface area (Å²) in [5, 5.41) is 2.70. The van der Waals surface area contributed by atoms with Gasteiger partial charge in [0.1, 0.15) is 0 Å². The Labute approximate surface area is 107 Å². The van der Waals surface area contributed by atoms with E-state index in [-0.39, 0.29) is 0 Å². The second kappa shape index (κ2) is 4.25. The number of hydrogen-bond acceptors (Lipinski definition) is 1. The maximum absolute atomic E-state index is 5.84. The van der Waals surface area contributed by atoms with Crippen LogP contribution in [0.5, 0.6) is 0 Å². The van der Waals surface area contributed by atoms with Gasteiger partial charge in [-0.15, -0.1) is 0 Å². The van der Waals surface area contributed by atoms with Crippen molar-refractivity contribution in [3.05, 3.63) is 47.5 Å². The molecule has 0 atom stereocenters. The first-order chi connectivity index (χ1) is 8.27. The normalized spacial score (nSPS) is 13.8. The van der Waals surface area contributed by atoms with Gasteiger partial charge in [0.2, 0.25) is 0 Å². The number of fused-ring (bicyclic) bond motifs is 3. The van der Waals surface area contributed by atoms with Gasteiger partial charge in [-0.3, -0.25) is 0 Å². The van der Waals surface area contributed by atoms with Crippen LogP contribution in [0.25, 0.3) is 11.1 Å². The van der Waals surface area contributed by atoms with Gasteiger partial charge < -0.3 is 4.12 Å². The lowest BCUT2D eigenvalue weighted by Gasteiger charge is -2.12. The van der Waals surface area contributed by atoms with E-state index in [9.17, 15) is 0 Å². The summed E-state index contributed by atoms with van der Waals surface area (Å²) in [6, 6.07) is 13.0. The van der Waals surface area contributed by atoms with Gasteiger partial charge in [-0.2, -0.15) is 0 Å². The summed E-state index contributed by atoms with van der Waals surface area (Å²) < 4.78 is 5.84. The molecule has 4 radical (unpaired) electrons. The van der Waals surface area contributed by atoms with E-state index < -0.39 is 0 Å². The molecule has 3 rings (SSSR count). The summed E-state index contributed by atoms with van der Waals surface area (Å²) in [5.41, 5.74) is 5.42. The highest BCUT2D eigenvalue weighted by Gasteiger charge is 2.18. The van der Waals surface area contributed by atoms with Crippen LogP contribution in [0.1, 0.15) is 11.1 Å². The monoisotopic (exact) mass is 252 g/mol. The molecule has 0 unspecified atom stereocenters. The van der Waals surface area contributed by atoms with E-state index in [1.165, 1.54) is 32.6 Å². The maximum atomic E-state index is 5.84. The fourth-order valence-corrected chi connectivity index (χ4v) is 4.33. The lowest BCUT2D eigenvalue weighted by atomic mass is 10.00. The molecule has 0 saturated heterocycles. The van der Waals surface area contributed by atoms with E-state index in [4.69, 9.17) is 4.12 Å². The van der Waals surface area contributed by atoms with E-state index in [0.29, 0.717) is 19.5 Å². The van der Waals surface area contributed by atoms with Gasteiger partial charge in [0, 0.05) is 0 Å². The molecule has 1 aliphatic heterocycles. The molecule has 1 heterocycles. The Morgan fingerprint density at radius 3 is 2.59 bits per heavy atom. The third-order valence-corrected chi connectivity index (χ3v) is 5.59. The number of hydrogen-bond donors (Lipinski definition) is 0. The zero-order valence-electron chi connectivity index (χ0n) is 9.87. The van der Waals surface area contributed by atoms with Crippen LogP contribution >= 0.6 is 0 Å². The number of aryl methyl sites for hydroxylation is 1. The van der Waals surface area contributed by atoms with Gasteiger partial charge in [0.15, 0.2) is 0 Å². The number of rotatable bonds is 0. The van der Waals surface area contributed by atoms with Crippen molar-refractivity contribution in [1.82, 2.24) is 0 Å². The summed E-state index contributed by atoms with van der Waals surface area (Å²) in [5.74, 6) is 0. The first-order valence-electron chi connectivity index (χ1n) is 5.65. The topological polar surface area (TPSA) is 9.23 Å². The number of benzene rings is 2. The summed E-state index contributed by atoms with van der Waals surface area (Å²) in [6.07, 6.45) is 0. The van der Waals surface area contributed by atoms with E-state index in [1.807, 2.05) is 0 Å². The fraction of sp³-hybridized carbons (Fsp3) is 0.143. The molecule has 1 nitrogen and oxygen atoms in total. The third-order valence-electron chi connectivity index (χ3n) is 3.27. The molecule has 2 aromatic rings. The van der Waals surface area contributed by atoms with Crippen molar-refractivity contribution in [3.63, 3.8) is 0 Å². The van der Waals surface area contributed by atoms with Crippen molar-refractivity contribution in [2.45, 2.75) is 13.8 Å². The Morgan fingerprint density at radius 1 is 0.882 bits per heavy atom. The van der Waals surface area contributed by atoms with E-state index in [1.54, 1.807) is 0 Å². The summed E-state index contributed by atoms with van der Waals surface area (Å²) >= 11 is 0.